The molecule has 0 fully saturated rings. The number of esters is 1. The van der Waals surface area contributed by atoms with Crippen molar-refractivity contribution >= 4 is 28.7 Å². The molecule has 1 atom stereocenters. The van der Waals surface area contributed by atoms with Gasteiger partial charge in [0.05, 0.1) is 31.7 Å². The Bertz CT molecular complexity index is 1680. The highest BCUT2D eigenvalue weighted by atomic mass is 16.5. The lowest BCUT2D eigenvalue weighted by molar-refractivity contribution is -0.135. The molecule has 8 heteroatoms. The summed E-state index contributed by atoms with van der Waals surface area (Å²) in [5, 5.41) is 0.778. The van der Waals surface area contributed by atoms with Gasteiger partial charge in [-0.2, -0.15) is 0 Å². The summed E-state index contributed by atoms with van der Waals surface area (Å²) in [5.74, 6) is 0.610. The fraction of sp³-hybridized carbons (Fsp3) is 0.138. The number of benzene rings is 3. The molecular weight excluding hydrogens is 474 g/mol. The summed E-state index contributed by atoms with van der Waals surface area (Å²) >= 11 is 0. The second-order valence-corrected chi connectivity index (χ2v) is 8.80. The van der Waals surface area contributed by atoms with E-state index in [4.69, 9.17) is 18.9 Å². The first kappa shape index (κ1) is 22.6. The minimum Gasteiger partial charge on any atom is -0.497 e. The van der Waals surface area contributed by atoms with Crippen molar-refractivity contribution in [1.82, 2.24) is 4.98 Å². The van der Waals surface area contributed by atoms with Gasteiger partial charge in [-0.1, -0.05) is 12.1 Å². The molecule has 184 valence electrons. The smallest absolute Gasteiger partial charge is 0.312 e. The van der Waals surface area contributed by atoms with Crippen LogP contribution in [0.4, 0.5) is 0 Å². The average molecular weight is 495 g/mol. The number of aromatic nitrogens is 1. The summed E-state index contributed by atoms with van der Waals surface area (Å²) in [5.41, 5.74) is 2.26. The van der Waals surface area contributed by atoms with Crippen molar-refractivity contribution in [3.05, 3.63) is 99.0 Å². The molecule has 2 aliphatic rings. The van der Waals surface area contributed by atoms with Crippen LogP contribution >= 0.6 is 0 Å². The van der Waals surface area contributed by atoms with Gasteiger partial charge in [-0.05, 0) is 59.5 Å². The third kappa shape index (κ3) is 3.83. The first-order chi connectivity index (χ1) is 17.9. The Balaban J connectivity index is 1.46. The van der Waals surface area contributed by atoms with Gasteiger partial charge in [-0.15, -0.1) is 0 Å². The Hall–Kier alpha value is -4.85. The van der Waals surface area contributed by atoms with Crippen molar-refractivity contribution in [3.63, 3.8) is 0 Å². The van der Waals surface area contributed by atoms with E-state index in [2.05, 4.69) is 4.98 Å². The summed E-state index contributed by atoms with van der Waals surface area (Å²) in [6, 6.07) is 17.5. The molecule has 4 aromatic rings. The molecule has 8 nitrogen and oxygen atoms in total. The fourth-order valence-corrected chi connectivity index (χ4v) is 4.81. The van der Waals surface area contributed by atoms with E-state index in [-0.39, 0.29) is 29.3 Å². The molecular formula is C29H21NO7. The quantitative estimate of drug-likeness (QED) is 0.251. The SMILES string of the molecule is COc1ccc(/C=C2\Oc3c(ccc4c3C(c3cc5ccc(OC)cc5[nH]c3=O)CC(=O)O4)C2=O)cc1. The number of aromatic amines is 1. The molecule has 2 aliphatic heterocycles. The zero-order valence-corrected chi connectivity index (χ0v) is 20.0. The summed E-state index contributed by atoms with van der Waals surface area (Å²) in [4.78, 5) is 41.8. The molecule has 1 aromatic heterocycles. The van der Waals surface area contributed by atoms with Crippen LogP contribution in [0.2, 0.25) is 0 Å². The van der Waals surface area contributed by atoms with E-state index in [0.717, 1.165) is 10.9 Å². The number of ether oxygens (including phenoxy) is 4. The molecule has 0 saturated carbocycles. The minimum atomic E-state index is -0.658. The molecule has 0 saturated heterocycles. The Morgan fingerprint density at radius 3 is 2.41 bits per heavy atom. The van der Waals surface area contributed by atoms with E-state index >= 15 is 0 Å². The average Bonchev–Trinajstić information content (AvgIpc) is 3.22. The summed E-state index contributed by atoms with van der Waals surface area (Å²) < 4.78 is 22.0. The Morgan fingerprint density at radius 2 is 1.65 bits per heavy atom. The Morgan fingerprint density at radius 1 is 0.892 bits per heavy atom. The van der Waals surface area contributed by atoms with E-state index in [9.17, 15) is 14.4 Å². The van der Waals surface area contributed by atoms with Crippen molar-refractivity contribution in [1.29, 1.82) is 0 Å². The molecule has 1 N–H and O–H groups in total. The Kier molecular flexibility index (Phi) is 5.30. The number of pyridine rings is 1. The highest BCUT2D eigenvalue weighted by Crippen LogP contribution is 2.48. The number of Topliss-reactive ketones (excluding diaryl/α,β-unsaturated/α-hetero) is 1. The molecule has 6 rings (SSSR count). The monoisotopic (exact) mass is 495 g/mol. The number of nitrogens with one attached hydrogen (secondary N) is 1. The van der Waals surface area contributed by atoms with E-state index in [1.807, 2.05) is 18.2 Å². The molecule has 0 amide bonds. The maximum absolute atomic E-state index is 13.2. The van der Waals surface area contributed by atoms with Crippen LogP contribution in [-0.4, -0.2) is 31.0 Å². The van der Waals surface area contributed by atoms with Crippen LogP contribution in [-0.2, 0) is 4.79 Å². The van der Waals surface area contributed by atoms with Crippen molar-refractivity contribution in [2.75, 3.05) is 14.2 Å². The summed E-state index contributed by atoms with van der Waals surface area (Å²) in [6.07, 6.45) is 1.58. The van der Waals surface area contributed by atoms with Gasteiger partial charge in [0.2, 0.25) is 5.78 Å². The van der Waals surface area contributed by atoms with E-state index in [1.54, 1.807) is 62.8 Å². The summed E-state index contributed by atoms with van der Waals surface area (Å²) in [6.45, 7) is 0. The van der Waals surface area contributed by atoms with Gasteiger partial charge in [0, 0.05) is 23.1 Å². The molecule has 3 heterocycles. The Labute approximate surface area is 211 Å². The van der Waals surface area contributed by atoms with Gasteiger partial charge >= 0.3 is 5.97 Å². The first-order valence-electron chi connectivity index (χ1n) is 11.6. The molecule has 0 radical (unpaired) electrons. The van der Waals surface area contributed by atoms with E-state index < -0.39 is 11.9 Å². The molecule has 0 spiro atoms. The standard InChI is InChI=1S/C29H21NO7/c1-34-17-6-3-15(4-7-17)11-24-27(32)19-9-10-23-26(28(19)37-24)20(14-25(31)36-23)21-12-16-5-8-18(35-2)13-22(16)30-29(21)33/h3-13,20H,14H2,1-2H3,(H,30,33)/b24-11-. The number of carbonyl (C=O) groups excluding carboxylic acids is 2. The molecule has 0 aliphatic carbocycles. The number of ketones is 1. The van der Waals surface area contributed by atoms with Crippen molar-refractivity contribution in [3.8, 4) is 23.0 Å². The minimum absolute atomic E-state index is 0.0662. The van der Waals surface area contributed by atoms with Crippen LogP contribution in [0.25, 0.3) is 17.0 Å². The van der Waals surface area contributed by atoms with Crippen molar-refractivity contribution < 1.29 is 28.5 Å². The number of hydrogen-bond acceptors (Lipinski definition) is 7. The van der Waals surface area contributed by atoms with Gasteiger partial charge in [0.15, 0.2) is 5.76 Å². The van der Waals surface area contributed by atoms with Crippen LogP contribution in [0.1, 0.15) is 39.4 Å². The molecule has 3 aromatic carbocycles. The van der Waals surface area contributed by atoms with Gasteiger partial charge in [0.25, 0.3) is 5.56 Å². The lowest BCUT2D eigenvalue weighted by atomic mass is 9.85. The van der Waals surface area contributed by atoms with Crippen LogP contribution in [0, 0.1) is 0 Å². The number of allylic oxidation sites excluding steroid dienone is 1. The number of rotatable bonds is 4. The zero-order valence-electron chi connectivity index (χ0n) is 20.0. The molecule has 0 bridgehead atoms. The highest BCUT2D eigenvalue weighted by molar-refractivity contribution is 6.15. The fourth-order valence-electron chi connectivity index (χ4n) is 4.81. The van der Waals surface area contributed by atoms with Gasteiger partial charge in [-0.3, -0.25) is 14.4 Å². The first-order valence-corrected chi connectivity index (χ1v) is 11.6. The van der Waals surface area contributed by atoms with E-state index in [1.165, 1.54) is 0 Å². The second kappa shape index (κ2) is 8.67. The maximum Gasteiger partial charge on any atom is 0.312 e. The number of fused-ring (bicyclic) bond motifs is 4. The predicted molar refractivity (Wildman–Crippen MR) is 136 cm³/mol. The third-order valence-corrected chi connectivity index (χ3v) is 6.65. The van der Waals surface area contributed by atoms with Gasteiger partial charge in [0.1, 0.15) is 23.0 Å². The highest BCUT2D eigenvalue weighted by Gasteiger charge is 2.39. The topological polar surface area (TPSA) is 104 Å². The van der Waals surface area contributed by atoms with Crippen molar-refractivity contribution in [2.45, 2.75) is 12.3 Å². The lowest BCUT2D eigenvalue weighted by Crippen LogP contribution is -2.26. The van der Waals surface area contributed by atoms with Crippen LogP contribution < -0.4 is 24.5 Å². The van der Waals surface area contributed by atoms with Crippen LogP contribution in [0.15, 0.2) is 71.2 Å². The number of H-pyrrole nitrogens is 1. The van der Waals surface area contributed by atoms with Gasteiger partial charge in [-0.25, -0.2) is 0 Å². The molecule has 37 heavy (non-hydrogen) atoms. The van der Waals surface area contributed by atoms with Gasteiger partial charge < -0.3 is 23.9 Å². The predicted octanol–water partition coefficient (Wildman–Crippen LogP) is 4.60. The van der Waals surface area contributed by atoms with E-state index in [0.29, 0.717) is 39.5 Å². The van der Waals surface area contributed by atoms with Crippen LogP contribution in [0.5, 0.6) is 23.0 Å². The number of hydrogen-bond donors (Lipinski definition) is 1. The normalized spacial score (nSPS) is 17.2. The van der Waals surface area contributed by atoms with Crippen molar-refractivity contribution in [2.24, 2.45) is 0 Å². The molecule has 1 unspecified atom stereocenters. The summed E-state index contributed by atoms with van der Waals surface area (Å²) in [7, 11) is 3.13. The maximum atomic E-state index is 13.2. The number of carbonyl (C=O) groups is 2. The third-order valence-electron chi connectivity index (χ3n) is 6.65. The lowest BCUT2D eigenvalue weighted by Gasteiger charge is -2.26. The second-order valence-electron chi connectivity index (χ2n) is 8.80. The largest absolute Gasteiger partial charge is 0.497 e. The van der Waals surface area contributed by atoms with Crippen LogP contribution in [0.3, 0.4) is 0 Å². The zero-order chi connectivity index (χ0) is 25.7. The number of methoxy groups -OCH3 is 2.